The van der Waals surface area contributed by atoms with Crippen LogP contribution in [0.5, 0.6) is 0 Å². The summed E-state index contributed by atoms with van der Waals surface area (Å²) >= 11 is 0. The van der Waals surface area contributed by atoms with Crippen LogP contribution in [0.15, 0.2) is 41.3 Å². The van der Waals surface area contributed by atoms with Gasteiger partial charge in [-0.3, -0.25) is 4.79 Å². The lowest BCUT2D eigenvalue weighted by Gasteiger charge is -2.04. The second-order valence-electron chi connectivity index (χ2n) is 3.99. The molecule has 0 spiro atoms. The molecule has 0 bridgehead atoms. The van der Waals surface area contributed by atoms with Crippen LogP contribution in [-0.2, 0) is 30.9 Å². The van der Waals surface area contributed by atoms with E-state index in [2.05, 4.69) is 10.1 Å². The normalized spacial score (nSPS) is 11.3. The molecule has 21 heavy (non-hydrogen) atoms. The van der Waals surface area contributed by atoms with Gasteiger partial charge in [-0.05, 0) is 24.6 Å². The summed E-state index contributed by atoms with van der Waals surface area (Å²) in [6, 6.07) is 5.78. The fourth-order valence-electron chi connectivity index (χ4n) is 1.38. The minimum atomic E-state index is -3.72. The Hall–Kier alpha value is -2.19. The number of amides is 1. The highest BCUT2D eigenvalue weighted by atomic mass is 32.2. The zero-order valence-corrected chi connectivity index (χ0v) is 12.2. The van der Waals surface area contributed by atoms with Crippen molar-refractivity contribution in [2.75, 3.05) is 6.61 Å². The van der Waals surface area contributed by atoms with Gasteiger partial charge in [0, 0.05) is 18.7 Å². The van der Waals surface area contributed by atoms with Crippen molar-refractivity contribution in [3.63, 3.8) is 0 Å². The Bertz CT molecular complexity index is 635. The molecule has 0 aromatic heterocycles. The van der Waals surface area contributed by atoms with Crippen molar-refractivity contribution in [2.45, 2.75) is 18.4 Å². The molecule has 0 fully saturated rings. The Morgan fingerprint density at radius 1 is 1.24 bits per heavy atom. The van der Waals surface area contributed by atoms with Crippen LogP contribution in [0.3, 0.4) is 0 Å². The first-order valence-electron chi connectivity index (χ1n) is 6.07. The third-order valence-corrected chi connectivity index (χ3v) is 3.31. The molecule has 0 aliphatic rings. The molecule has 0 aliphatic carbocycles. The van der Waals surface area contributed by atoms with Crippen LogP contribution in [0.4, 0.5) is 0 Å². The largest absolute Gasteiger partial charge is 0.463 e. The van der Waals surface area contributed by atoms with Gasteiger partial charge in [-0.15, -0.1) is 0 Å². The molecule has 0 radical (unpaired) electrons. The Balaban J connectivity index is 2.52. The van der Waals surface area contributed by atoms with Crippen LogP contribution in [0.2, 0.25) is 0 Å². The van der Waals surface area contributed by atoms with Crippen molar-refractivity contribution < 1.29 is 22.7 Å². The number of hydrogen-bond donors (Lipinski definition) is 2. The number of nitrogens with two attached hydrogens (primary N) is 1. The lowest BCUT2D eigenvalue weighted by molar-refractivity contribution is -0.137. The molecule has 3 N–H and O–H groups in total. The fraction of sp³-hybridized carbons (Fsp3) is 0.231. The average Bonchev–Trinajstić information content (AvgIpc) is 2.43. The predicted octanol–water partition coefficient (Wildman–Crippen LogP) is 0.0695. The Morgan fingerprint density at radius 3 is 2.38 bits per heavy atom. The van der Waals surface area contributed by atoms with Crippen LogP contribution in [0.1, 0.15) is 12.5 Å². The molecule has 7 nitrogen and oxygen atoms in total. The lowest BCUT2D eigenvalue weighted by Crippen LogP contribution is -2.21. The molecular weight excluding hydrogens is 296 g/mol. The van der Waals surface area contributed by atoms with E-state index in [4.69, 9.17) is 5.14 Å². The molecule has 0 heterocycles. The van der Waals surface area contributed by atoms with E-state index in [0.717, 1.165) is 12.2 Å². The van der Waals surface area contributed by atoms with Crippen molar-refractivity contribution in [1.82, 2.24) is 5.32 Å². The highest BCUT2D eigenvalue weighted by molar-refractivity contribution is 7.89. The topological polar surface area (TPSA) is 116 Å². The summed E-state index contributed by atoms with van der Waals surface area (Å²) in [5.74, 6) is -1.05. The maximum absolute atomic E-state index is 11.4. The number of ether oxygens (including phenoxy) is 1. The highest BCUT2D eigenvalue weighted by Crippen LogP contribution is 2.08. The summed E-state index contributed by atoms with van der Waals surface area (Å²) in [6.45, 7) is 2.09. The molecule has 1 rings (SSSR count). The summed E-state index contributed by atoms with van der Waals surface area (Å²) < 4.78 is 26.8. The zero-order valence-electron chi connectivity index (χ0n) is 11.4. The van der Waals surface area contributed by atoms with Crippen molar-refractivity contribution >= 4 is 21.9 Å². The first kappa shape index (κ1) is 16.9. The summed E-state index contributed by atoms with van der Waals surface area (Å²) in [4.78, 5) is 22.4. The Morgan fingerprint density at radius 2 is 1.86 bits per heavy atom. The van der Waals surface area contributed by atoms with E-state index in [1.807, 2.05) is 0 Å². The number of benzene rings is 1. The van der Waals surface area contributed by atoms with Crippen molar-refractivity contribution in [2.24, 2.45) is 5.14 Å². The van der Waals surface area contributed by atoms with E-state index >= 15 is 0 Å². The molecule has 8 heteroatoms. The molecule has 0 saturated heterocycles. The molecule has 114 valence electrons. The number of carbonyl (C=O) groups is 2. The van der Waals surface area contributed by atoms with E-state index in [9.17, 15) is 18.0 Å². The van der Waals surface area contributed by atoms with E-state index in [-0.39, 0.29) is 18.0 Å². The zero-order chi connectivity index (χ0) is 15.9. The number of primary sulfonamides is 1. The van der Waals surface area contributed by atoms with E-state index < -0.39 is 21.9 Å². The summed E-state index contributed by atoms with van der Waals surface area (Å²) in [5.41, 5.74) is 0.695. The molecule has 0 saturated carbocycles. The van der Waals surface area contributed by atoms with Gasteiger partial charge in [0.25, 0.3) is 0 Å². The van der Waals surface area contributed by atoms with Crippen LogP contribution >= 0.6 is 0 Å². The smallest absolute Gasteiger partial charge is 0.330 e. The van der Waals surface area contributed by atoms with Crippen LogP contribution in [0.25, 0.3) is 0 Å². The van der Waals surface area contributed by atoms with Crippen molar-refractivity contribution in [3.8, 4) is 0 Å². The van der Waals surface area contributed by atoms with Gasteiger partial charge in [-0.1, -0.05) is 12.1 Å². The van der Waals surface area contributed by atoms with E-state index in [1.54, 1.807) is 6.92 Å². The van der Waals surface area contributed by atoms with Gasteiger partial charge < -0.3 is 10.1 Å². The number of nitrogens with one attached hydrogen (secondary N) is 1. The maximum Gasteiger partial charge on any atom is 0.330 e. The van der Waals surface area contributed by atoms with Gasteiger partial charge >= 0.3 is 5.97 Å². The predicted molar refractivity (Wildman–Crippen MR) is 75.4 cm³/mol. The molecule has 1 amide bonds. The van der Waals surface area contributed by atoms with E-state index in [1.165, 1.54) is 24.3 Å². The minimum Gasteiger partial charge on any atom is -0.463 e. The summed E-state index contributed by atoms with van der Waals surface area (Å²) in [6.07, 6.45) is 2.10. The van der Waals surface area contributed by atoms with Crippen molar-refractivity contribution in [1.29, 1.82) is 0 Å². The molecule has 0 unspecified atom stereocenters. The fourth-order valence-corrected chi connectivity index (χ4v) is 1.89. The highest BCUT2D eigenvalue weighted by Gasteiger charge is 2.06. The molecular formula is C13H16N2O5S. The second kappa shape index (κ2) is 7.55. The van der Waals surface area contributed by atoms with Gasteiger partial charge in [0.05, 0.1) is 11.5 Å². The molecule has 0 aliphatic heterocycles. The van der Waals surface area contributed by atoms with Crippen LogP contribution < -0.4 is 10.5 Å². The van der Waals surface area contributed by atoms with Gasteiger partial charge in [-0.25, -0.2) is 18.4 Å². The SMILES string of the molecule is CCOC(=O)/C=C/C(=O)NCc1ccc(S(N)(=O)=O)cc1. The first-order valence-corrected chi connectivity index (χ1v) is 7.62. The average molecular weight is 312 g/mol. The third kappa shape index (κ3) is 6.19. The van der Waals surface area contributed by atoms with Crippen LogP contribution in [0, 0.1) is 0 Å². The molecule has 1 aromatic carbocycles. The van der Waals surface area contributed by atoms with E-state index in [0.29, 0.717) is 5.56 Å². The van der Waals surface area contributed by atoms with Gasteiger partial charge in [-0.2, -0.15) is 0 Å². The van der Waals surface area contributed by atoms with Gasteiger partial charge in [0.2, 0.25) is 15.9 Å². The van der Waals surface area contributed by atoms with Gasteiger partial charge in [0.1, 0.15) is 0 Å². The standard InChI is InChI=1S/C13H16N2O5S/c1-2-20-13(17)8-7-12(16)15-9-10-3-5-11(6-4-10)21(14,18)19/h3-8H,2,9H2,1H3,(H,15,16)(H2,14,18,19)/b8-7+. The second-order valence-corrected chi connectivity index (χ2v) is 5.55. The Kier molecular flexibility index (Phi) is 6.07. The van der Waals surface area contributed by atoms with Crippen molar-refractivity contribution in [3.05, 3.63) is 42.0 Å². The first-order chi connectivity index (χ1) is 9.82. The maximum atomic E-state index is 11.4. The Labute approximate surface area is 122 Å². The number of sulfonamides is 1. The molecule has 0 atom stereocenters. The summed E-state index contributed by atoms with van der Waals surface area (Å²) in [5, 5.41) is 7.51. The number of hydrogen-bond acceptors (Lipinski definition) is 5. The number of esters is 1. The van der Waals surface area contributed by atoms with Gasteiger partial charge in [0.15, 0.2) is 0 Å². The number of rotatable bonds is 6. The number of carbonyl (C=O) groups excluding carboxylic acids is 2. The molecule has 1 aromatic rings. The minimum absolute atomic E-state index is 0.000201. The monoisotopic (exact) mass is 312 g/mol. The summed E-state index contributed by atoms with van der Waals surface area (Å²) in [7, 11) is -3.72. The lowest BCUT2D eigenvalue weighted by atomic mass is 10.2. The van der Waals surface area contributed by atoms with Crippen LogP contribution in [-0.4, -0.2) is 26.9 Å². The third-order valence-electron chi connectivity index (χ3n) is 2.38. The quantitative estimate of drug-likeness (QED) is 0.569.